The molecule has 2 atom stereocenters. The van der Waals surface area contributed by atoms with E-state index in [2.05, 4.69) is 31.0 Å². The average molecular weight is 370 g/mol. The molecule has 0 aromatic heterocycles. The van der Waals surface area contributed by atoms with Gasteiger partial charge in [-0.2, -0.15) is 0 Å². The largest absolute Gasteiger partial charge is 0.352 e. The highest BCUT2D eigenvalue weighted by atomic mass is 19.1. The Balaban J connectivity index is 1.82. The summed E-state index contributed by atoms with van der Waals surface area (Å²) in [6, 6.07) is 0. The number of likely N-dealkylation sites (tertiary alicyclic amines) is 1. The predicted octanol–water partition coefficient (Wildman–Crippen LogP) is 4.24. The van der Waals surface area contributed by atoms with Crippen LogP contribution >= 0.6 is 0 Å². The van der Waals surface area contributed by atoms with Crippen molar-refractivity contribution in [3.63, 3.8) is 0 Å². The summed E-state index contributed by atoms with van der Waals surface area (Å²) < 4.78 is 41.3. The van der Waals surface area contributed by atoms with Crippen LogP contribution in [0.1, 0.15) is 40.0 Å². The van der Waals surface area contributed by atoms with Gasteiger partial charge in [0.1, 0.15) is 17.8 Å². The van der Waals surface area contributed by atoms with E-state index in [1.807, 2.05) is 0 Å². The normalized spacial score (nSPS) is 25.1. The van der Waals surface area contributed by atoms with Gasteiger partial charge in [0.25, 0.3) is 5.91 Å². The fourth-order valence-electron chi connectivity index (χ4n) is 3.07. The zero-order valence-electron chi connectivity index (χ0n) is 15.8. The van der Waals surface area contributed by atoms with E-state index in [4.69, 9.17) is 0 Å². The molecule has 1 fully saturated rings. The maximum absolute atomic E-state index is 14.5. The van der Waals surface area contributed by atoms with Gasteiger partial charge < -0.3 is 10.2 Å². The number of nitrogens with zero attached hydrogens (tertiary/aromatic N) is 1. The van der Waals surface area contributed by atoms with Gasteiger partial charge in [0.15, 0.2) is 0 Å². The number of nitrogens with one attached hydrogen (secondary N) is 1. The third-order valence-electron chi connectivity index (χ3n) is 4.82. The number of allylic oxidation sites excluding steroid dienone is 4. The lowest BCUT2D eigenvalue weighted by Gasteiger charge is -2.36. The molecule has 146 valence electrons. The highest BCUT2D eigenvalue weighted by molar-refractivity contribution is 5.96. The molecule has 3 nitrogen and oxygen atoms in total. The molecule has 0 aromatic carbocycles. The standard InChI is InChI=1S/C20H29F3N2O/c1-20(2,3)7-9-25-8-6-14(18(23)13-25)12-24-19(26)15-10-16(21)4-5-17(22)11-15/h4,10-11,14,18H,5-9,12-13H2,1-3H3,(H,24,26)/t14-,18-/m0/s1. The second-order valence-corrected chi connectivity index (χ2v) is 8.37. The summed E-state index contributed by atoms with van der Waals surface area (Å²) in [5, 5.41) is 2.62. The molecular formula is C20H29F3N2O. The van der Waals surface area contributed by atoms with E-state index in [9.17, 15) is 18.0 Å². The number of alkyl halides is 1. The van der Waals surface area contributed by atoms with Gasteiger partial charge in [0.05, 0.1) is 0 Å². The van der Waals surface area contributed by atoms with Crippen molar-refractivity contribution in [2.75, 3.05) is 26.2 Å². The molecule has 0 radical (unpaired) electrons. The Labute approximate surface area is 154 Å². The fourth-order valence-corrected chi connectivity index (χ4v) is 3.07. The summed E-state index contributed by atoms with van der Waals surface area (Å²) in [4.78, 5) is 14.3. The van der Waals surface area contributed by atoms with Crippen LogP contribution in [0, 0.1) is 11.3 Å². The molecule has 2 rings (SSSR count). The Morgan fingerprint density at radius 3 is 2.69 bits per heavy atom. The molecule has 0 bridgehead atoms. The van der Waals surface area contributed by atoms with Crippen molar-refractivity contribution >= 4 is 5.91 Å². The highest BCUT2D eigenvalue weighted by Crippen LogP contribution is 2.24. The molecule has 1 N–H and O–H groups in total. The minimum absolute atomic E-state index is 0.0771. The quantitative estimate of drug-likeness (QED) is 0.785. The second kappa shape index (κ2) is 8.89. The first-order valence-electron chi connectivity index (χ1n) is 9.22. The van der Waals surface area contributed by atoms with Crippen LogP contribution in [0.4, 0.5) is 13.2 Å². The van der Waals surface area contributed by atoms with E-state index in [0.29, 0.717) is 13.0 Å². The van der Waals surface area contributed by atoms with E-state index >= 15 is 0 Å². The SMILES string of the molecule is CC(C)(C)CCN1CC[C@@H](CNC(=O)C2=CC(F)=CCC(F)=C2)[C@@H](F)C1. The molecule has 0 aromatic rings. The molecule has 26 heavy (non-hydrogen) atoms. The first kappa shape index (κ1) is 20.7. The molecule has 0 spiro atoms. The Bertz CT molecular complexity index is 605. The summed E-state index contributed by atoms with van der Waals surface area (Å²) >= 11 is 0. The van der Waals surface area contributed by atoms with Crippen LogP contribution in [0.3, 0.4) is 0 Å². The van der Waals surface area contributed by atoms with Crippen LogP contribution in [0.5, 0.6) is 0 Å². The van der Waals surface area contributed by atoms with Crippen molar-refractivity contribution in [2.24, 2.45) is 11.3 Å². The lowest BCUT2D eigenvalue weighted by Crippen LogP contribution is -2.46. The molecule has 6 heteroatoms. The van der Waals surface area contributed by atoms with Gasteiger partial charge in [-0.25, -0.2) is 13.2 Å². The van der Waals surface area contributed by atoms with Crippen molar-refractivity contribution in [1.82, 2.24) is 10.2 Å². The summed E-state index contributed by atoms with van der Waals surface area (Å²) in [6.45, 7) is 8.70. The molecule has 1 saturated heterocycles. The summed E-state index contributed by atoms with van der Waals surface area (Å²) in [7, 11) is 0. The minimum atomic E-state index is -1.02. The van der Waals surface area contributed by atoms with Crippen LogP contribution in [0.25, 0.3) is 0 Å². The van der Waals surface area contributed by atoms with E-state index in [-0.39, 0.29) is 29.9 Å². The summed E-state index contributed by atoms with van der Waals surface area (Å²) in [6.07, 6.45) is 3.59. The lowest BCUT2D eigenvalue weighted by molar-refractivity contribution is -0.117. The van der Waals surface area contributed by atoms with E-state index in [1.54, 1.807) is 0 Å². The van der Waals surface area contributed by atoms with Crippen molar-refractivity contribution in [1.29, 1.82) is 0 Å². The van der Waals surface area contributed by atoms with Gasteiger partial charge in [-0.05, 0) is 49.6 Å². The second-order valence-electron chi connectivity index (χ2n) is 8.37. The van der Waals surface area contributed by atoms with Crippen molar-refractivity contribution in [3.05, 3.63) is 35.5 Å². The molecule has 0 unspecified atom stereocenters. The maximum Gasteiger partial charge on any atom is 0.251 e. The minimum Gasteiger partial charge on any atom is -0.352 e. The topological polar surface area (TPSA) is 32.3 Å². The third-order valence-corrected chi connectivity index (χ3v) is 4.82. The molecule has 1 aliphatic carbocycles. The summed E-state index contributed by atoms with van der Waals surface area (Å²) in [5.74, 6) is -2.07. The fraction of sp³-hybridized carbons (Fsp3) is 0.650. The molecule has 1 amide bonds. The van der Waals surface area contributed by atoms with Crippen LogP contribution < -0.4 is 5.32 Å². The predicted molar refractivity (Wildman–Crippen MR) is 97.6 cm³/mol. The third kappa shape index (κ3) is 6.63. The van der Waals surface area contributed by atoms with Crippen LogP contribution in [0.2, 0.25) is 0 Å². The highest BCUT2D eigenvalue weighted by Gasteiger charge is 2.30. The Morgan fingerprint density at radius 2 is 2.04 bits per heavy atom. The Kier molecular flexibility index (Phi) is 7.09. The Morgan fingerprint density at radius 1 is 1.31 bits per heavy atom. The Hall–Kier alpha value is -1.56. The van der Waals surface area contributed by atoms with Crippen molar-refractivity contribution in [2.45, 2.75) is 46.2 Å². The first-order chi connectivity index (χ1) is 12.1. The van der Waals surface area contributed by atoms with Crippen LogP contribution in [0.15, 0.2) is 35.5 Å². The smallest absolute Gasteiger partial charge is 0.251 e. The molecule has 1 aliphatic heterocycles. The van der Waals surface area contributed by atoms with Gasteiger partial charge in [-0.15, -0.1) is 0 Å². The van der Waals surface area contributed by atoms with Gasteiger partial charge in [0, 0.05) is 31.0 Å². The van der Waals surface area contributed by atoms with Crippen LogP contribution in [-0.4, -0.2) is 43.2 Å². The van der Waals surface area contributed by atoms with Gasteiger partial charge in [-0.1, -0.05) is 20.8 Å². The number of amides is 1. The zero-order valence-corrected chi connectivity index (χ0v) is 15.8. The van der Waals surface area contributed by atoms with Gasteiger partial charge in [0.2, 0.25) is 0 Å². The average Bonchev–Trinajstić information content (AvgIpc) is 2.72. The number of rotatable bonds is 5. The van der Waals surface area contributed by atoms with Crippen LogP contribution in [-0.2, 0) is 4.79 Å². The molecule has 2 aliphatic rings. The molecule has 0 saturated carbocycles. The lowest BCUT2D eigenvalue weighted by atomic mass is 9.90. The van der Waals surface area contributed by atoms with E-state index < -0.39 is 23.7 Å². The van der Waals surface area contributed by atoms with E-state index in [1.165, 1.54) is 0 Å². The van der Waals surface area contributed by atoms with Gasteiger partial charge >= 0.3 is 0 Å². The maximum atomic E-state index is 14.5. The number of hydrogen-bond donors (Lipinski definition) is 1. The first-order valence-corrected chi connectivity index (χ1v) is 9.22. The summed E-state index contributed by atoms with van der Waals surface area (Å²) in [5.41, 5.74) is 0.141. The number of halogens is 3. The number of piperidine rings is 1. The monoisotopic (exact) mass is 370 g/mol. The van der Waals surface area contributed by atoms with Crippen molar-refractivity contribution in [3.8, 4) is 0 Å². The number of carbonyl (C=O) groups excluding carboxylic acids is 1. The number of carbonyl (C=O) groups is 1. The zero-order chi connectivity index (χ0) is 19.3. The number of hydrogen-bond acceptors (Lipinski definition) is 2. The molecule has 1 heterocycles. The van der Waals surface area contributed by atoms with Crippen molar-refractivity contribution < 1.29 is 18.0 Å². The molecular weight excluding hydrogens is 341 g/mol. The van der Waals surface area contributed by atoms with E-state index in [0.717, 1.165) is 37.7 Å². The van der Waals surface area contributed by atoms with Gasteiger partial charge in [-0.3, -0.25) is 4.79 Å².